The zero-order chi connectivity index (χ0) is 10.5. The first-order valence-electron chi connectivity index (χ1n) is 4.21. The highest BCUT2D eigenvalue weighted by Gasteiger charge is 2.22. The molecule has 0 aromatic carbocycles. The van der Waals surface area contributed by atoms with Gasteiger partial charge in [0.1, 0.15) is 6.61 Å². The second-order valence-corrected chi connectivity index (χ2v) is 2.46. The lowest BCUT2D eigenvalue weighted by molar-refractivity contribution is 0.0511. The van der Waals surface area contributed by atoms with E-state index in [1.54, 1.807) is 6.08 Å². The van der Waals surface area contributed by atoms with Crippen LogP contribution in [0.2, 0.25) is 0 Å². The Hall–Kier alpha value is -0.310. The van der Waals surface area contributed by atoms with Crippen molar-refractivity contribution in [3.8, 4) is 0 Å². The van der Waals surface area contributed by atoms with Crippen molar-refractivity contribution in [3.63, 3.8) is 0 Å². The van der Waals surface area contributed by atoms with Gasteiger partial charge in [-0.3, -0.25) is 0 Å². The Bertz CT molecular complexity index is 103. The lowest BCUT2D eigenvalue weighted by Crippen LogP contribution is -1.97. The molecule has 1 heterocycles. The van der Waals surface area contributed by atoms with Crippen molar-refractivity contribution in [1.82, 2.24) is 0 Å². The Morgan fingerprint density at radius 3 is 2.38 bits per heavy atom. The van der Waals surface area contributed by atoms with Gasteiger partial charge in [-0.2, -0.15) is 0 Å². The quantitative estimate of drug-likeness (QED) is 0.305. The topological polar surface area (TPSA) is 21.8 Å². The van der Waals surface area contributed by atoms with Crippen LogP contribution in [0.25, 0.3) is 0 Å². The van der Waals surface area contributed by atoms with Crippen LogP contribution in [0.3, 0.4) is 0 Å². The molecule has 2 nitrogen and oxygen atoms in total. The Morgan fingerprint density at radius 1 is 1.62 bits per heavy atom. The fourth-order valence-corrected chi connectivity index (χ4v) is 0.514. The molecule has 0 aromatic rings. The maximum atomic E-state index is 5.38. The third kappa shape index (κ3) is 18.6. The lowest BCUT2D eigenvalue weighted by Gasteiger charge is -1.93. The molecular weight excluding hydrogens is 188 g/mol. The summed E-state index contributed by atoms with van der Waals surface area (Å²) in [6.45, 7) is 12.7. The molecule has 0 aromatic heterocycles. The van der Waals surface area contributed by atoms with Crippen LogP contribution in [0.1, 0.15) is 13.3 Å². The molecular formula is C10H19ClO2. The molecule has 1 saturated heterocycles. The van der Waals surface area contributed by atoms with Gasteiger partial charge in [-0.15, -0.1) is 31.3 Å². The Morgan fingerprint density at radius 2 is 2.08 bits per heavy atom. The second-order valence-electron chi connectivity index (χ2n) is 2.08. The fraction of sp³-hybridized carbons (Fsp3) is 0.600. The number of ether oxygens (including phenoxy) is 2. The van der Waals surface area contributed by atoms with Gasteiger partial charge in [0, 0.05) is 5.88 Å². The van der Waals surface area contributed by atoms with E-state index >= 15 is 0 Å². The zero-order valence-corrected chi connectivity index (χ0v) is 9.05. The van der Waals surface area contributed by atoms with Gasteiger partial charge in [0.05, 0.1) is 6.61 Å². The molecule has 0 spiro atoms. The Labute approximate surface area is 86.2 Å². The summed E-state index contributed by atoms with van der Waals surface area (Å²) in [6, 6.07) is 0. The van der Waals surface area contributed by atoms with Crippen LogP contribution in [-0.2, 0) is 9.47 Å². The van der Waals surface area contributed by atoms with E-state index in [2.05, 4.69) is 19.7 Å². The van der Waals surface area contributed by atoms with E-state index in [4.69, 9.17) is 21.1 Å². The summed E-state index contributed by atoms with van der Waals surface area (Å²) >= 11 is 5.38. The average molecular weight is 207 g/mol. The normalized spacial score (nSPS) is 17.2. The maximum absolute atomic E-state index is 5.38. The van der Waals surface area contributed by atoms with Crippen molar-refractivity contribution in [3.05, 3.63) is 25.8 Å². The summed E-state index contributed by atoms with van der Waals surface area (Å²) in [5, 5.41) is 0. The minimum Gasteiger partial charge on any atom is -0.350 e. The molecule has 0 N–H and O–H groups in total. The molecule has 1 aliphatic rings. The maximum Gasteiger partial charge on any atom is 0.181 e. The van der Waals surface area contributed by atoms with Gasteiger partial charge in [0.2, 0.25) is 0 Å². The molecule has 1 aliphatic heterocycles. The number of epoxide rings is 1. The van der Waals surface area contributed by atoms with E-state index < -0.39 is 0 Å². The smallest absolute Gasteiger partial charge is 0.181 e. The summed E-state index contributed by atoms with van der Waals surface area (Å²) in [5.74, 6) is 0.673. The molecule has 1 rings (SSSR count). The molecule has 0 radical (unpaired) electrons. The second kappa shape index (κ2) is 14.2. The highest BCUT2D eigenvalue weighted by molar-refractivity contribution is 6.17. The molecule has 0 aliphatic carbocycles. The van der Waals surface area contributed by atoms with E-state index in [9.17, 15) is 0 Å². The van der Waals surface area contributed by atoms with Gasteiger partial charge < -0.3 is 9.47 Å². The summed E-state index contributed by atoms with van der Waals surface area (Å²) < 4.78 is 9.88. The van der Waals surface area contributed by atoms with Crippen molar-refractivity contribution in [2.24, 2.45) is 0 Å². The van der Waals surface area contributed by atoms with Crippen LogP contribution in [0, 0.1) is 0 Å². The first-order valence-corrected chi connectivity index (χ1v) is 4.74. The molecule has 3 heteroatoms. The van der Waals surface area contributed by atoms with E-state index in [-0.39, 0.29) is 6.29 Å². The number of hydrogen-bond acceptors (Lipinski definition) is 2. The number of hydrogen-bond donors (Lipinski definition) is 0. The number of allylic oxidation sites excluding steroid dienone is 1. The minimum atomic E-state index is 0.0956. The molecule has 13 heavy (non-hydrogen) atoms. The standard InChI is InChI=1S/C5H9ClO2.C3H6.C2H4/c6-2-1-3-7-5-4-8-5;1-3-2;1-2/h5H,1-4H2;3H,1H2,2H3;1-2H2. The van der Waals surface area contributed by atoms with Crippen LogP contribution in [-0.4, -0.2) is 25.4 Å². The number of rotatable bonds is 4. The fourth-order valence-electron chi connectivity index (χ4n) is 0.405. The van der Waals surface area contributed by atoms with E-state index in [1.807, 2.05) is 6.92 Å². The van der Waals surface area contributed by atoms with E-state index in [1.165, 1.54) is 0 Å². The first kappa shape index (κ1) is 15.2. The highest BCUT2D eigenvalue weighted by atomic mass is 35.5. The van der Waals surface area contributed by atoms with Crippen molar-refractivity contribution in [1.29, 1.82) is 0 Å². The summed E-state index contributed by atoms with van der Waals surface area (Å²) in [7, 11) is 0. The lowest BCUT2D eigenvalue weighted by atomic mass is 10.5. The molecule has 1 fully saturated rings. The van der Waals surface area contributed by atoms with Crippen LogP contribution in [0.5, 0.6) is 0 Å². The molecule has 1 atom stereocenters. The van der Waals surface area contributed by atoms with Gasteiger partial charge in [0.15, 0.2) is 6.29 Å². The SMILES string of the molecule is C=C.C=CC.ClCCCOC1CO1. The largest absolute Gasteiger partial charge is 0.350 e. The predicted molar refractivity (Wildman–Crippen MR) is 58.2 cm³/mol. The van der Waals surface area contributed by atoms with Gasteiger partial charge in [-0.25, -0.2) is 0 Å². The van der Waals surface area contributed by atoms with Crippen LogP contribution >= 0.6 is 11.6 Å². The number of halogens is 1. The third-order valence-electron chi connectivity index (χ3n) is 0.884. The van der Waals surface area contributed by atoms with Crippen molar-refractivity contribution >= 4 is 11.6 Å². The Kier molecular flexibility index (Phi) is 16.6. The van der Waals surface area contributed by atoms with E-state index in [0.717, 1.165) is 19.6 Å². The Balaban J connectivity index is 0. The average Bonchev–Trinajstić information content (AvgIpc) is 2.94. The van der Waals surface area contributed by atoms with Crippen LogP contribution in [0.4, 0.5) is 0 Å². The minimum absolute atomic E-state index is 0.0956. The zero-order valence-electron chi connectivity index (χ0n) is 8.30. The monoisotopic (exact) mass is 206 g/mol. The van der Waals surface area contributed by atoms with Gasteiger partial charge in [-0.05, 0) is 13.3 Å². The summed E-state index contributed by atoms with van der Waals surface area (Å²) in [5.41, 5.74) is 0. The first-order chi connectivity index (χ1) is 6.35. The van der Waals surface area contributed by atoms with Crippen molar-refractivity contribution in [2.75, 3.05) is 19.1 Å². The van der Waals surface area contributed by atoms with Crippen LogP contribution < -0.4 is 0 Å². The van der Waals surface area contributed by atoms with Crippen LogP contribution in [0.15, 0.2) is 25.8 Å². The predicted octanol–water partition coefficient (Wildman–Crippen LogP) is 2.98. The van der Waals surface area contributed by atoms with Gasteiger partial charge in [-0.1, -0.05) is 6.08 Å². The molecule has 1 unspecified atom stereocenters. The van der Waals surface area contributed by atoms with Crippen molar-refractivity contribution < 1.29 is 9.47 Å². The summed E-state index contributed by atoms with van der Waals surface area (Å²) in [6.07, 6.45) is 2.76. The summed E-state index contributed by atoms with van der Waals surface area (Å²) in [4.78, 5) is 0. The number of alkyl halides is 1. The molecule has 0 saturated carbocycles. The van der Waals surface area contributed by atoms with Gasteiger partial charge >= 0.3 is 0 Å². The van der Waals surface area contributed by atoms with Gasteiger partial charge in [0.25, 0.3) is 0 Å². The van der Waals surface area contributed by atoms with Crippen molar-refractivity contribution in [2.45, 2.75) is 19.6 Å². The van der Waals surface area contributed by atoms with E-state index in [0.29, 0.717) is 5.88 Å². The third-order valence-corrected chi connectivity index (χ3v) is 1.15. The molecule has 0 amide bonds. The highest BCUT2D eigenvalue weighted by Crippen LogP contribution is 2.09. The molecule has 78 valence electrons. The molecule has 0 bridgehead atoms.